The predicted molar refractivity (Wildman–Crippen MR) is 64.0 cm³/mol. The van der Waals surface area contributed by atoms with Crippen molar-refractivity contribution in [1.82, 2.24) is 5.32 Å². The molecule has 0 saturated carbocycles. The van der Waals surface area contributed by atoms with Crippen LogP contribution >= 0.6 is 15.9 Å². The van der Waals surface area contributed by atoms with E-state index in [1.807, 2.05) is 29.2 Å². The summed E-state index contributed by atoms with van der Waals surface area (Å²) in [5.74, 6) is 0.138. The van der Waals surface area contributed by atoms with Crippen molar-refractivity contribution in [2.75, 3.05) is 24.5 Å². The van der Waals surface area contributed by atoms with Gasteiger partial charge >= 0.3 is 0 Å². The zero-order valence-corrected chi connectivity index (χ0v) is 9.96. The molecule has 1 aliphatic rings. The molecule has 1 saturated heterocycles. The van der Waals surface area contributed by atoms with Crippen LogP contribution in [0.4, 0.5) is 5.69 Å². The Bertz CT molecular complexity index is 367. The van der Waals surface area contributed by atoms with Crippen LogP contribution in [0, 0.1) is 0 Å². The maximum Gasteiger partial charge on any atom is 0.240 e. The fourth-order valence-electron chi connectivity index (χ4n) is 1.70. The second-order valence-corrected chi connectivity index (χ2v) is 4.38. The first-order valence-electron chi connectivity index (χ1n) is 5.04. The highest BCUT2D eigenvalue weighted by molar-refractivity contribution is 9.10. The molecule has 1 fully saturated rings. The molecular weight excluding hydrogens is 256 g/mol. The third-order valence-corrected chi connectivity index (χ3v) is 3.13. The molecule has 3 nitrogen and oxygen atoms in total. The summed E-state index contributed by atoms with van der Waals surface area (Å²) >= 11 is 3.47. The van der Waals surface area contributed by atoms with Crippen LogP contribution in [-0.2, 0) is 4.79 Å². The third kappa shape index (κ3) is 2.38. The molecular formula is C11H13BrN2O. The van der Waals surface area contributed by atoms with E-state index in [1.165, 1.54) is 0 Å². The summed E-state index contributed by atoms with van der Waals surface area (Å²) in [7, 11) is 0. The van der Waals surface area contributed by atoms with Gasteiger partial charge in [0.05, 0.1) is 12.2 Å². The quantitative estimate of drug-likeness (QED) is 0.842. The molecule has 2 rings (SSSR count). The summed E-state index contributed by atoms with van der Waals surface area (Å²) in [5.41, 5.74) is 0.964. The number of anilines is 1. The van der Waals surface area contributed by atoms with Crippen LogP contribution in [0.1, 0.15) is 6.42 Å². The van der Waals surface area contributed by atoms with Crippen molar-refractivity contribution in [3.05, 3.63) is 28.7 Å². The Balaban J connectivity index is 2.28. The molecule has 0 aromatic heterocycles. The van der Waals surface area contributed by atoms with Crippen LogP contribution in [0.15, 0.2) is 28.7 Å². The zero-order valence-electron chi connectivity index (χ0n) is 8.37. The molecule has 1 aromatic rings. The first kappa shape index (κ1) is 10.6. The fraction of sp³-hybridized carbons (Fsp3) is 0.364. The van der Waals surface area contributed by atoms with Gasteiger partial charge in [0.25, 0.3) is 0 Å². The van der Waals surface area contributed by atoms with Gasteiger partial charge in [0.15, 0.2) is 0 Å². The van der Waals surface area contributed by atoms with Crippen molar-refractivity contribution in [1.29, 1.82) is 0 Å². The predicted octanol–water partition coefficient (Wildman–Crippen LogP) is 1.78. The molecule has 1 N–H and O–H groups in total. The lowest BCUT2D eigenvalue weighted by molar-refractivity contribution is -0.117. The van der Waals surface area contributed by atoms with E-state index < -0.39 is 0 Å². The average Bonchev–Trinajstić information content (AvgIpc) is 2.44. The largest absolute Gasteiger partial charge is 0.310 e. The lowest BCUT2D eigenvalue weighted by atomic mass is 10.2. The van der Waals surface area contributed by atoms with E-state index in [4.69, 9.17) is 0 Å². The Kier molecular flexibility index (Phi) is 3.38. The normalized spacial score (nSPS) is 17.7. The molecule has 0 radical (unpaired) electrons. The summed E-state index contributed by atoms with van der Waals surface area (Å²) in [6.07, 6.45) is 0.993. The van der Waals surface area contributed by atoms with E-state index in [-0.39, 0.29) is 5.91 Å². The number of para-hydroxylation sites is 1. The minimum atomic E-state index is 0.138. The summed E-state index contributed by atoms with van der Waals surface area (Å²) in [6, 6.07) is 7.83. The van der Waals surface area contributed by atoms with E-state index in [0.29, 0.717) is 6.54 Å². The Morgan fingerprint density at radius 2 is 2.13 bits per heavy atom. The number of halogens is 1. The average molecular weight is 269 g/mol. The first-order valence-corrected chi connectivity index (χ1v) is 5.84. The van der Waals surface area contributed by atoms with Crippen LogP contribution in [0.3, 0.4) is 0 Å². The van der Waals surface area contributed by atoms with Crippen LogP contribution < -0.4 is 10.2 Å². The summed E-state index contributed by atoms with van der Waals surface area (Å²) in [6.45, 7) is 2.13. The molecule has 0 aliphatic carbocycles. The lowest BCUT2D eigenvalue weighted by Crippen LogP contribution is -2.34. The molecule has 0 bridgehead atoms. The second-order valence-electron chi connectivity index (χ2n) is 3.53. The van der Waals surface area contributed by atoms with Crippen LogP contribution in [-0.4, -0.2) is 25.5 Å². The fourth-order valence-corrected chi connectivity index (χ4v) is 2.20. The van der Waals surface area contributed by atoms with Gasteiger partial charge in [0, 0.05) is 11.0 Å². The van der Waals surface area contributed by atoms with Gasteiger partial charge in [-0.1, -0.05) is 12.1 Å². The van der Waals surface area contributed by atoms with Crippen molar-refractivity contribution in [3.63, 3.8) is 0 Å². The number of amides is 1. The van der Waals surface area contributed by atoms with Gasteiger partial charge in [-0.25, -0.2) is 0 Å². The minimum absolute atomic E-state index is 0.138. The maximum absolute atomic E-state index is 11.8. The molecule has 0 spiro atoms. The highest BCUT2D eigenvalue weighted by atomic mass is 79.9. The number of nitrogens with one attached hydrogen (secondary N) is 1. The molecule has 1 heterocycles. The molecule has 4 heteroatoms. The van der Waals surface area contributed by atoms with Crippen molar-refractivity contribution in [2.45, 2.75) is 6.42 Å². The van der Waals surface area contributed by atoms with E-state index in [1.54, 1.807) is 0 Å². The number of hydrogen-bond donors (Lipinski definition) is 1. The lowest BCUT2D eigenvalue weighted by Gasteiger charge is -2.21. The van der Waals surface area contributed by atoms with Gasteiger partial charge in [-0.15, -0.1) is 0 Å². The monoisotopic (exact) mass is 268 g/mol. The Morgan fingerprint density at radius 3 is 2.93 bits per heavy atom. The van der Waals surface area contributed by atoms with Crippen molar-refractivity contribution >= 4 is 27.5 Å². The Morgan fingerprint density at radius 1 is 1.33 bits per heavy atom. The van der Waals surface area contributed by atoms with Crippen molar-refractivity contribution in [3.8, 4) is 0 Å². The van der Waals surface area contributed by atoms with Gasteiger partial charge in [0.2, 0.25) is 5.91 Å². The van der Waals surface area contributed by atoms with Gasteiger partial charge in [0.1, 0.15) is 0 Å². The molecule has 0 atom stereocenters. The van der Waals surface area contributed by atoms with Crippen LogP contribution in [0.25, 0.3) is 0 Å². The van der Waals surface area contributed by atoms with Gasteiger partial charge in [-0.05, 0) is 41.0 Å². The number of rotatable bonds is 1. The molecule has 1 aromatic carbocycles. The molecule has 15 heavy (non-hydrogen) atoms. The van der Waals surface area contributed by atoms with E-state index >= 15 is 0 Å². The van der Waals surface area contributed by atoms with Gasteiger partial charge in [-0.3, -0.25) is 4.79 Å². The number of benzene rings is 1. The van der Waals surface area contributed by atoms with Gasteiger partial charge in [-0.2, -0.15) is 0 Å². The molecule has 80 valence electrons. The Hall–Kier alpha value is -0.870. The first-order chi connectivity index (χ1) is 7.29. The SMILES string of the molecule is O=C1CNCCCN1c1ccccc1Br. The van der Waals surface area contributed by atoms with Crippen molar-refractivity contribution in [2.24, 2.45) is 0 Å². The summed E-state index contributed by atoms with van der Waals surface area (Å²) < 4.78 is 0.972. The number of nitrogens with zero attached hydrogens (tertiary/aromatic N) is 1. The number of carbonyl (C=O) groups excluding carboxylic acids is 1. The van der Waals surface area contributed by atoms with Crippen molar-refractivity contribution < 1.29 is 4.79 Å². The minimum Gasteiger partial charge on any atom is -0.310 e. The van der Waals surface area contributed by atoms with Crippen LogP contribution in [0.5, 0.6) is 0 Å². The maximum atomic E-state index is 11.8. The van der Waals surface area contributed by atoms with Gasteiger partial charge < -0.3 is 10.2 Å². The third-order valence-electron chi connectivity index (χ3n) is 2.46. The number of hydrogen-bond acceptors (Lipinski definition) is 2. The topological polar surface area (TPSA) is 32.3 Å². The van der Waals surface area contributed by atoms with E-state index in [9.17, 15) is 4.79 Å². The molecule has 1 amide bonds. The number of carbonyl (C=O) groups is 1. The van der Waals surface area contributed by atoms with E-state index in [2.05, 4.69) is 21.2 Å². The summed E-state index contributed by atoms with van der Waals surface area (Å²) in [4.78, 5) is 13.6. The highest BCUT2D eigenvalue weighted by Gasteiger charge is 2.19. The summed E-state index contributed by atoms with van der Waals surface area (Å²) in [5, 5.41) is 3.11. The standard InChI is InChI=1S/C11H13BrN2O/c12-9-4-1-2-5-10(9)14-7-3-6-13-8-11(14)15/h1-2,4-5,13H,3,6-8H2. The zero-order chi connectivity index (χ0) is 10.7. The second kappa shape index (κ2) is 4.77. The van der Waals surface area contributed by atoms with Crippen LogP contribution in [0.2, 0.25) is 0 Å². The Labute approximate surface area is 97.6 Å². The molecule has 0 unspecified atom stereocenters. The highest BCUT2D eigenvalue weighted by Crippen LogP contribution is 2.26. The smallest absolute Gasteiger partial charge is 0.240 e. The van der Waals surface area contributed by atoms with E-state index in [0.717, 1.165) is 29.7 Å². The molecule has 1 aliphatic heterocycles.